The normalized spacial score (nSPS) is 12.0. The summed E-state index contributed by atoms with van der Waals surface area (Å²) in [5, 5.41) is 4.22. The molecule has 0 spiro atoms. The van der Waals surface area contributed by atoms with Crippen molar-refractivity contribution in [3.8, 4) is 0 Å². The Morgan fingerprint density at radius 2 is 1.85 bits per heavy atom. The summed E-state index contributed by atoms with van der Waals surface area (Å²) >= 11 is 5.75. The maximum absolute atomic E-state index is 12.7. The average molecular weight is 496 g/mol. The Kier molecular flexibility index (Phi) is 7.90. The second-order valence-electron chi connectivity index (χ2n) is 6.90. The predicted octanol–water partition coefficient (Wildman–Crippen LogP) is 3.87. The van der Waals surface area contributed by atoms with Crippen LogP contribution in [-0.4, -0.2) is 35.4 Å². The van der Waals surface area contributed by atoms with Gasteiger partial charge in [0, 0.05) is 12.6 Å². The van der Waals surface area contributed by atoms with Crippen molar-refractivity contribution in [3.05, 3.63) is 82.9 Å². The number of anilines is 1. The molecular weight excluding hydrogens is 479 g/mol. The number of hydrogen-bond donors (Lipinski definition) is 2. The third-order valence-electron chi connectivity index (χ3n) is 4.39. The van der Waals surface area contributed by atoms with Crippen LogP contribution in [0.4, 0.5) is 19.0 Å². The summed E-state index contributed by atoms with van der Waals surface area (Å²) in [6.45, 7) is -0.792. The fourth-order valence-corrected chi connectivity index (χ4v) is 2.98. The van der Waals surface area contributed by atoms with Gasteiger partial charge in [0.15, 0.2) is 18.2 Å². The van der Waals surface area contributed by atoms with Crippen LogP contribution >= 0.6 is 11.6 Å². The number of benzene rings is 1. The second-order valence-corrected chi connectivity index (χ2v) is 7.31. The molecule has 0 fully saturated rings. The van der Waals surface area contributed by atoms with Crippen molar-refractivity contribution < 1.29 is 36.7 Å². The fraction of sp³-hybridized carbons (Fsp3) is 0.182. The average Bonchev–Trinajstić information content (AvgIpc) is 3.33. The Morgan fingerprint density at radius 3 is 2.47 bits per heavy atom. The van der Waals surface area contributed by atoms with Crippen LogP contribution in [0.5, 0.6) is 0 Å². The van der Waals surface area contributed by atoms with E-state index in [1.807, 2.05) is 0 Å². The lowest BCUT2D eigenvalue weighted by molar-refractivity contribution is -0.149. The number of pyridine rings is 1. The molecule has 3 aromatic rings. The smallest absolute Gasteiger partial charge is 0.417 e. The van der Waals surface area contributed by atoms with Crippen molar-refractivity contribution in [3.63, 3.8) is 0 Å². The van der Waals surface area contributed by atoms with E-state index in [0.717, 1.165) is 5.56 Å². The maximum Gasteiger partial charge on any atom is 0.417 e. The molecule has 1 atom stereocenters. The van der Waals surface area contributed by atoms with E-state index in [9.17, 15) is 27.6 Å². The Labute approximate surface area is 196 Å². The maximum atomic E-state index is 12.7. The van der Waals surface area contributed by atoms with E-state index < -0.39 is 47.2 Å². The van der Waals surface area contributed by atoms with Crippen LogP contribution < -0.4 is 10.6 Å². The standard InChI is InChI=1S/C22H17ClF3N3O5/c23-15-10-14(22(24,25)26)11-27-19(15)29-18(30)12-34-21(32)16(9-13-5-2-1-3-6-13)28-20(31)17-7-4-8-33-17/h1-8,10-11,16H,9,12H2,(H,28,31)(H,27,29,30)/t16-/m1/s1. The van der Waals surface area contributed by atoms with Crippen LogP contribution in [0.3, 0.4) is 0 Å². The summed E-state index contributed by atoms with van der Waals surface area (Å²) in [6.07, 6.45) is -2.78. The molecule has 0 aliphatic heterocycles. The van der Waals surface area contributed by atoms with Gasteiger partial charge < -0.3 is 19.8 Å². The predicted molar refractivity (Wildman–Crippen MR) is 114 cm³/mol. The number of halogens is 4. The van der Waals surface area contributed by atoms with Crippen molar-refractivity contribution >= 4 is 35.2 Å². The lowest BCUT2D eigenvalue weighted by atomic mass is 10.1. The first-order valence-electron chi connectivity index (χ1n) is 9.71. The van der Waals surface area contributed by atoms with Crippen molar-refractivity contribution in [2.24, 2.45) is 0 Å². The lowest BCUT2D eigenvalue weighted by Gasteiger charge is -2.17. The zero-order valence-electron chi connectivity index (χ0n) is 17.3. The summed E-state index contributed by atoms with van der Waals surface area (Å²) in [7, 11) is 0. The molecule has 0 radical (unpaired) electrons. The van der Waals surface area contributed by atoms with Gasteiger partial charge >= 0.3 is 12.1 Å². The molecule has 2 amide bonds. The second kappa shape index (κ2) is 10.8. The van der Waals surface area contributed by atoms with Gasteiger partial charge in [0.05, 0.1) is 16.8 Å². The molecule has 0 aliphatic carbocycles. The van der Waals surface area contributed by atoms with Crippen LogP contribution in [0.15, 0.2) is 65.4 Å². The largest absolute Gasteiger partial charge is 0.459 e. The highest BCUT2D eigenvalue weighted by Crippen LogP contribution is 2.32. The Bertz CT molecular complexity index is 1150. The topological polar surface area (TPSA) is 111 Å². The van der Waals surface area contributed by atoms with Gasteiger partial charge in [-0.3, -0.25) is 9.59 Å². The lowest BCUT2D eigenvalue weighted by Crippen LogP contribution is -2.44. The SMILES string of the molecule is O=C(COC(=O)[C@@H](Cc1ccccc1)NC(=O)c1ccco1)Nc1ncc(C(F)(F)F)cc1Cl. The van der Waals surface area contributed by atoms with Gasteiger partial charge in [0.2, 0.25) is 0 Å². The Hall–Kier alpha value is -3.86. The summed E-state index contributed by atoms with van der Waals surface area (Å²) < 4.78 is 48.1. The van der Waals surface area contributed by atoms with Crippen molar-refractivity contribution in [2.45, 2.75) is 18.6 Å². The van der Waals surface area contributed by atoms with E-state index in [0.29, 0.717) is 12.3 Å². The fourth-order valence-electron chi connectivity index (χ4n) is 2.77. The number of nitrogens with zero attached hydrogens (tertiary/aromatic N) is 1. The van der Waals surface area contributed by atoms with E-state index in [1.165, 1.54) is 18.4 Å². The minimum atomic E-state index is -4.65. The quantitative estimate of drug-likeness (QED) is 0.459. The van der Waals surface area contributed by atoms with Gasteiger partial charge in [-0.15, -0.1) is 0 Å². The van der Waals surface area contributed by atoms with Crippen LogP contribution in [0, 0.1) is 0 Å². The first kappa shape index (κ1) is 24.8. The molecular formula is C22H17ClF3N3O5. The Balaban J connectivity index is 1.62. The molecule has 2 N–H and O–H groups in total. The molecule has 8 nitrogen and oxygen atoms in total. The number of alkyl halides is 3. The monoisotopic (exact) mass is 495 g/mol. The van der Waals surface area contributed by atoms with E-state index in [2.05, 4.69) is 15.6 Å². The van der Waals surface area contributed by atoms with E-state index in [1.54, 1.807) is 30.3 Å². The Morgan fingerprint density at radius 1 is 1.12 bits per heavy atom. The van der Waals surface area contributed by atoms with Gasteiger partial charge in [-0.05, 0) is 23.8 Å². The molecule has 2 aromatic heterocycles. The number of furan rings is 1. The third-order valence-corrected chi connectivity index (χ3v) is 4.68. The molecule has 2 heterocycles. The van der Waals surface area contributed by atoms with Crippen LogP contribution in [0.25, 0.3) is 0 Å². The first-order valence-corrected chi connectivity index (χ1v) is 10.1. The van der Waals surface area contributed by atoms with Crippen LogP contribution in [-0.2, 0) is 26.9 Å². The molecule has 0 saturated carbocycles. The highest BCUT2D eigenvalue weighted by atomic mass is 35.5. The van der Waals surface area contributed by atoms with Gasteiger partial charge in [0.1, 0.15) is 6.04 Å². The number of ether oxygens (including phenoxy) is 1. The number of esters is 1. The van der Waals surface area contributed by atoms with Crippen molar-refractivity contribution in [1.29, 1.82) is 0 Å². The first-order chi connectivity index (χ1) is 16.1. The van der Waals surface area contributed by atoms with Crippen molar-refractivity contribution in [1.82, 2.24) is 10.3 Å². The zero-order chi connectivity index (χ0) is 24.7. The number of carbonyl (C=O) groups is 3. The minimum Gasteiger partial charge on any atom is -0.459 e. The number of nitrogens with one attached hydrogen (secondary N) is 2. The number of rotatable bonds is 8. The molecule has 0 unspecified atom stereocenters. The molecule has 0 saturated heterocycles. The van der Waals surface area contributed by atoms with Gasteiger partial charge in [-0.1, -0.05) is 41.9 Å². The number of aromatic nitrogens is 1. The number of hydrogen-bond acceptors (Lipinski definition) is 6. The molecule has 1 aromatic carbocycles. The van der Waals surface area contributed by atoms with Crippen molar-refractivity contribution in [2.75, 3.05) is 11.9 Å². The molecule has 12 heteroatoms. The van der Waals surface area contributed by atoms with Crippen LogP contribution in [0.1, 0.15) is 21.7 Å². The summed E-state index contributed by atoms with van der Waals surface area (Å²) in [4.78, 5) is 40.6. The molecule has 0 aliphatic rings. The van der Waals surface area contributed by atoms with Gasteiger partial charge in [0.25, 0.3) is 11.8 Å². The molecule has 34 heavy (non-hydrogen) atoms. The van der Waals surface area contributed by atoms with E-state index >= 15 is 0 Å². The molecule has 0 bridgehead atoms. The van der Waals surface area contributed by atoms with E-state index in [-0.39, 0.29) is 18.0 Å². The summed E-state index contributed by atoms with van der Waals surface area (Å²) in [5.74, 6) is -2.81. The summed E-state index contributed by atoms with van der Waals surface area (Å²) in [6, 6.07) is 11.1. The highest BCUT2D eigenvalue weighted by molar-refractivity contribution is 6.33. The molecule has 178 valence electrons. The summed E-state index contributed by atoms with van der Waals surface area (Å²) in [5.41, 5.74) is -0.368. The number of amides is 2. The number of carbonyl (C=O) groups excluding carboxylic acids is 3. The third kappa shape index (κ3) is 6.82. The van der Waals surface area contributed by atoms with E-state index in [4.69, 9.17) is 20.8 Å². The zero-order valence-corrected chi connectivity index (χ0v) is 18.0. The minimum absolute atomic E-state index is 0.0216. The van der Waals surface area contributed by atoms with Crippen LogP contribution in [0.2, 0.25) is 5.02 Å². The molecule has 3 rings (SSSR count). The highest BCUT2D eigenvalue weighted by Gasteiger charge is 2.32. The van der Waals surface area contributed by atoms with Gasteiger partial charge in [-0.25, -0.2) is 9.78 Å². The van der Waals surface area contributed by atoms with Gasteiger partial charge in [-0.2, -0.15) is 13.2 Å².